The third-order valence-corrected chi connectivity index (χ3v) is 2.60. The van der Waals surface area contributed by atoms with Gasteiger partial charge in [0.05, 0.1) is 0 Å². The maximum atomic E-state index is 5.54. The predicted molar refractivity (Wildman–Crippen MR) is 65.2 cm³/mol. The fraction of sp³-hybridized carbons (Fsp3) is 0.636. The van der Waals surface area contributed by atoms with E-state index in [-0.39, 0.29) is 12.4 Å². The van der Waals surface area contributed by atoms with Gasteiger partial charge in [-0.3, -0.25) is 0 Å². The topological polar surface area (TPSA) is 47.0 Å². The van der Waals surface area contributed by atoms with E-state index in [0.717, 1.165) is 12.2 Å². The molecule has 0 amide bonds. The van der Waals surface area contributed by atoms with Crippen molar-refractivity contribution in [3.63, 3.8) is 0 Å². The van der Waals surface area contributed by atoms with Crippen LogP contribution in [0.5, 0.6) is 6.01 Å². The second kappa shape index (κ2) is 6.66. The van der Waals surface area contributed by atoms with Gasteiger partial charge in [-0.1, -0.05) is 6.42 Å². The predicted octanol–water partition coefficient (Wildman–Crippen LogP) is 1.73. The normalized spacial score (nSPS) is 19.9. The molecule has 1 fully saturated rings. The minimum absolute atomic E-state index is 0. The van der Waals surface area contributed by atoms with E-state index in [1.807, 2.05) is 13.0 Å². The quantitative estimate of drug-likeness (QED) is 0.878. The number of piperidine rings is 1. The van der Waals surface area contributed by atoms with Crippen LogP contribution in [-0.4, -0.2) is 29.2 Å². The summed E-state index contributed by atoms with van der Waals surface area (Å²) in [6, 6.07) is 2.82. The van der Waals surface area contributed by atoms with Gasteiger partial charge in [-0.2, -0.15) is 0 Å². The van der Waals surface area contributed by atoms with E-state index in [9.17, 15) is 0 Å². The van der Waals surface area contributed by atoms with E-state index in [4.69, 9.17) is 4.74 Å². The van der Waals surface area contributed by atoms with Crippen molar-refractivity contribution in [2.24, 2.45) is 0 Å². The highest BCUT2D eigenvalue weighted by Gasteiger charge is 2.13. The second-order valence-electron chi connectivity index (χ2n) is 3.94. The summed E-state index contributed by atoms with van der Waals surface area (Å²) in [5.41, 5.74) is 0.941. The molecule has 1 aromatic heterocycles. The van der Waals surface area contributed by atoms with E-state index < -0.39 is 0 Å². The van der Waals surface area contributed by atoms with E-state index >= 15 is 0 Å². The third-order valence-electron chi connectivity index (χ3n) is 2.60. The first kappa shape index (κ1) is 13.2. The summed E-state index contributed by atoms with van der Waals surface area (Å²) < 4.78 is 5.54. The molecular weight excluding hydrogens is 226 g/mol. The first-order chi connectivity index (χ1) is 7.34. The van der Waals surface area contributed by atoms with Crippen molar-refractivity contribution in [1.82, 2.24) is 15.3 Å². The zero-order chi connectivity index (χ0) is 10.5. The summed E-state index contributed by atoms with van der Waals surface area (Å²) in [5.74, 6) is 0. The SMILES string of the molecule is Cc1ccnc(OCC2CCCCN2)n1.Cl. The molecule has 0 saturated carbocycles. The number of ether oxygens (including phenoxy) is 1. The van der Waals surface area contributed by atoms with Crippen molar-refractivity contribution in [1.29, 1.82) is 0 Å². The van der Waals surface area contributed by atoms with Gasteiger partial charge in [0.2, 0.25) is 0 Å². The number of halogens is 1. The average molecular weight is 244 g/mol. The lowest BCUT2D eigenvalue weighted by atomic mass is 10.1. The van der Waals surface area contributed by atoms with Gasteiger partial charge in [0.15, 0.2) is 0 Å². The van der Waals surface area contributed by atoms with Crippen LogP contribution in [0.25, 0.3) is 0 Å². The molecule has 2 rings (SSSR count). The molecule has 0 spiro atoms. The van der Waals surface area contributed by atoms with Crippen molar-refractivity contribution >= 4 is 12.4 Å². The zero-order valence-corrected chi connectivity index (χ0v) is 10.3. The van der Waals surface area contributed by atoms with Crippen molar-refractivity contribution < 1.29 is 4.74 Å². The number of nitrogens with zero attached hydrogens (tertiary/aromatic N) is 2. The molecule has 5 heteroatoms. The Morgan fingerprint density at radius 3 is 3.06 bits per heavy atom. The van der Waals surface area contributed by atoms with Crippen molar-refractivity contribution in [2.75, 3.05) is 13.2 Å². The molecule has 0 bridgehead atoms. The Morgan fingerprint density at radius 2 is 2.38 bits per heavy atom. The maximum absolute atomic E-state index is 5.54. The monoisotopic (exact) mass is 243 g/mol. The van der Waals surface area contributed by atoms with Gasteiger partial charge in [-0.05, 0) is 32.4 Å². The largest absolute Gasteiger partial charge is 0.462 e. The molecule has 16 heavy (non-hydrogen) atoms. The molecule has 0 aromatic carbocycles. The maximum Gasteiger partial charge on any atom is 0.316 e. The van der Waals surface area contributed by atoms with Crippen molar-refractivity contribution in [3.8, 4) is 6.01 Å². The highest BCUT2D eigenvalue weighted by atomic mass is 35.5. The molecule has 90 valence electrons. The van der Waals surface area contributed by atoms with Crippen LogP contribution >= 0.6 is 12.4 Å². The third kappa shape index (κ3) is 3.94. The Balaban J connectivity index is 0.00000128. The lowest BCUT2D eigenvalue weighted by molar-refractivity contribution is 0.224. The first-order valence-corrected chi connectivity index (χ1v) is 5.50. The van der Waals surface area contributed by atoms with E-state index in [0.29, 0.717) is 18.7 Å². The minimum atomic E-state index is 0. The van der Waals surface area contributed by atoms with Gasteiger partial charge >= 0.3 is 6.01 Å². The van der Waals surface area contributed by atoms with Crippen molar-refractivity contribution in [3.05, 3.63) is 18.0 Å². The molecule has 0 aliphatic carbocycles. The Morgan fingerprint density at radius 1 is 1.50 bits per heavy atom. The number of nitrogens with one attached hydrogen (secondary N) is 1. The summed E-state index contributed by atoms with van der Waals surface area (Å²) in [4.78, 5) is 8.26. The molecular formula is C11H18ClN3O. The first-order valence-electron chi connectivity index (χ1n) is 5.50. The van der Waals surface area contributed by atoms with Crippen LogP contribution in [0.1, 0.15) is 25.0 Å². The molecule has 1 aliphatic heterocycles. The van der Waals surface area contributed by atoms with Crippen LogP contribution in [-0.2, 0) is 0 Å². The zero-order valence-electron chi connectivity index (χ0n) is 9.48. The molecule has 1 N–H and O–H groups in total. The summed E-state index contributed by atoms with van der Waals surface area (Å²) in [6.45, 7) is 3.71. The summed E-state index contributed by atoms with van der Waals surface area (Å²) >= 11 is 0. The number of rotatable bonds is 3. The molecule has 1 unspecified atom stereocenters. The van der Waals surface area contributed by atoms with Crippen LogP contribution in [0.3, 0.4) is 0 Å². The lowest BCUT2D eigenvalue weighted by Crippen LogP contribution is -2.38. The van der Waals surface area contributed by atoms with Crippen LogP contribution < -0.4 is 10.1 Å². The average Bonchev–Trinajstić information content (AvgIpc) is 2.28. The van der Waals surface area contributed by atoms with E-state index in [1.165, 1.54) is 19.3 Å². The van der Waals surface area contributed by atoms with Gasteiger partial charge in [0.1, 0.15) is 6.61 Å². The molecule has 1 aromatic rings. The smallest absolute Gasteiger partial charge is 0.316 e. The molecule has 1 atom stereocenters. The molecule has 1 saturated heterocycles. The van der Waals surface area contributed by atoms with Gasteiger partial charge in [0.25, 0.3) is 0 Å². The van der Waals surface area contributed by atoms with Crippen molar-refractivity contribution in [2.45, 2.75) is 32.2 Å². The van der Waals surface area contributed by atoms with Gasteiger partial charge in [-0.25, -0.2) is 9.97 Å². The lowest BCUT2D eigenvalue weighted by Gasteiger charge is -2.22. The second-order valence-corrected chi connectivity index (χ2v) is 3.94. The molecule has 2 heterocycles. The van der Waals surface area contributed by atoms with E-state index in [2.05, 4.69) is 15.3 Å². The molecule has 1 aliphatic rings. The van der Waals surface area contributed by atoms with Gasteiger partial charge < -0.3 is 10.1 Å². The van der Waals surface area contributed by atoms with E-state index in [1.54, 1.807) is 6.20 Å². The van der Waals surface area contributed by atoms with Crippen LogP contribution in [0, 0.1) is 6.92 Å². The summed E-state index contributed by atoms with van der Waals surface area (Å²) in [7, 11) is 0. The standard InChI is InChI=1S/C11H17N3O.ClH/c1-9-5-7-13-11(14-9)15-8-10-4-2-3-6-12-10;/h5,7,10,12H,2-4,6,8H2,1H3;1H. The number of hydrogen-bond acceptors (Lipinski definition) is 4. The minimum Gasteiger partial charge on any atom is -0.462 e. The fourth-order valence-corrected chi connectivity index (χ4v) is 1.74. The Kier molecular flexibility index (Phi) is 5.49. The number of aromatic nitrogens is 2. The highest BCUT2D eigenvalue weighted by molar-refractivity contribution is 5.85. The summed E-state index contributed by atoms with van der Waals surface area (Å²) in [6.07, 6.45) is 5.48. The highest BCUT2D eigenvalue weighted by Crippen LogP contribution is 2.08. The van der Waals surface area contributed by atoms with Gasteiger partial charge in [0, 0.05) is 17.9 Å². The van der Waals surface area contributed by atoms with Crippen LogP contribution in [0.4, 0.5) is 0 Å². The molecule has 0 radical (unpaired) electrons. The van der Waals surface area contributed by atoms with Gasteiger partial charge in [-0.15, -0.1) is 12.4 Å². The summed E-state index contributed by atoms with van der Waals surface area (Å²) in [5, 5.41) is 3.42. The number of aryl methyl sites for hydroxylation is 1. The Labute approximate surface area is 102 Å². The van der Waals surface area contributed by atoms with Crippen LogP contribution in [0.2, 0.25) is 0 Å². The Hall–Kier alpha value is -0.870. The fourth-order valence-electron chi connectivity index (χ4n) is 1.74. The number of hydrogen-bond donors (Lipinski definition) is 1. The Bertz CT molecular complexity index is 316. The van der Waals surface area contributed by atoms with Crippen LogP contribution in [0.15, 0.2) is 12.3 Å². The molecule has 4 nitrogen and oxygen atoms in total.